The zero-order chi connectivity index (χ0) is 14.9. The molecule has 3 aliphatic rings. The van der Waals surface area contributed by atoms with Crippen molar-refractivity contribution < 1.29 is 4.79 Å². The van der Waals surface area contributed by atoms with E-state index < -0.39 is 0 Å². The number of H-pyrrole nitrogens is 1. The molecule has 0 radical (unpaired) electrons. The Morgan fingerprint density at radius 3 is 2.45 bits per heavy atom. The summed E-state index contributed by atoms with van der Waals surface area (Å²) in [6, 6.07) is 2.73. The number of rotatable bonds is 3. The lowest BCUT2D eigenvalue weighted by Gasteiger charge is -2.40. The number of aromatic nitrogens is 2. The third-order valence-corrected chi connectivity index (χ3v) is 5.53. The molecule has 3 fully saturated rings. The van der Waals surface area contributed by atoms with Gasteiger partial charge in [0, 0.05) is 43.8 Å². The van der Waals surface area contributed by atoms with E-state index in [1.807, 2.05) is 11.0 Å². The normalized spacial score (nSPS) is 24.6. The minimum Gasteiger partial charge on any atom is -0.335 e. The number of nitrogens with one attached hydrogen (secondary N) is 1. The molecule has 1 aromatic heterocycles. The van der Waals surface area contributed by atoms with Gasteiger partial charge in [-0.05, 0) is 31.7 Å². The first-order valence-corrected chi connectivity index (χ1v) is 8.90. The zero-order valence-electron chi connectivity index (χ0n) is 13.3. The summed E-state index contributed by atoms with van der Waals surface area (Å²) in [5.41, 5.74) is 1.75. The summed E-state index contributed by atoms with van der Waals surface area (Å²) in [4.78, 5) is 17.1. The van der Waals surface area contributed by atoms with Crippen molar-refractivity contribution in [2.45, 2.75) is 56.9 Å². The average Bonchev–Trinajstić information content (AvgIpc) is 3.32. The van der Waals surface area contributed by atoms with Crippen LogP contribution in [-0.4, -0.2) is 58.1 Å². The van der Waals surface area contributed by atoms with Crippen molar-refractivity contribution in [3.05, 3.63) is 17.5 Å². The fourth-order valence-electron chi connectivity index (χ4n) is 3.95. The second-order valence-electron chi connectivity index (χ2n) is 7.10. The molecule has 0 aromatic carbocycles. The largest absolute Gasteiger partial charge is 0.335 e. The molecule has 1 saturated heterocycles. The number of carbonyl (C=O) groups is 1. The van der Waals surface area contributed by atoms with Crippen molar-refractivity contribution in [3.8, 4) is 0 Å². The van der Waals surface area contributed by atoms with Crippen molar-refractivity contribution in [1.82, 2.24) is 20.0 Å². The Labute approximate surface area is 132 Å². The number of carbonyl (C=O) groups excluding carboxylic acids is 1. The molecular formula is C17H26N4O. The fraction of sp³-hybridized carbons (Fsp3) is 0.765. The highest BCUT2D eigenvalue weighted by Crippen LogP contribution is 2.39. The van der Waals surface area contributed by atoms with Crippen molar-refractivity contribution in [2.24, 2.45) is 0 Å². The molecule has 1 N–H and O–H groups in total. The number of aromatic amines is 1. The maximum Gasteiger partial charge on any atom is 0.274 e. The molecule has 5 heteroatoms. The van der Waals surface area contributed by atoms with Gasteiger partial charge in [-0.3, -0.25) is 14.8 Å². The lowest BCUT2D eigenvalue weighted by atomic mass is 9.94. The first kappa shape index (κ1) is 14.2. The van der Waals surface area contributed by atoms with Crippen molar-refractivity contribution in [2.75, 3.05) is 26.2 Å². The number of hydrogen-bond donors (Lipinski definition) is 1. The third kappa shape index (κ3) is 2.91. The molecular weight excluding hydrogens is 276 g/mol. The maximum atomic E-state index is 12.6. The molecule has 1 aromatic rings. The van der Waals surface area contributed by atoms with E-state index in [4.69, 9.17) is 0 Å². The molecule has 2 saturated carbocycles. The molecule has 0 spiro atoms. The number of amides is 1. The molecule has 0 bridgehead atoms. The molecule has 22 heavy (non-hydrogen) atoms. The first-order chi connectivity index (χ1) is 10.8. The van der Waals surface area contributed by atoms with Gasteiger partial charge in [-0.15, -0.1) is 0 Å². The molecule has 5 nitrogen and oxygen atoms in total. The Morgan fingerprint density at radius 2 is 1.77 bits per heavy atom. The Kier molecular flexibility index (Phi) is 3.90. The van der Waals surface area contributed by atoms with Gasteiger partial charge >= 0.3 is 0 Å². The molecule has 1 amide bonds. The van der Waals surface area contributed by atoms with Gasteiger partial charge in [0.2, 0.25) is 0 Å². The van der Waals surface area contributed by atoms with Crippen LogP contribution >= 0.6 is 0 Å². The van der Waals surface area contributed by atoms with E-state index in [-0.39, 0.29) is 5.91 Å². The number of nitrogens with zero attached hydrogens (tertiary/aromatic N) is 3. The average molecular weight is 302 g/mol. The third-order valence-electron chi connectivity index (χ3n) is 5.53. The van der Waals surface area contributed by atoms with E-state index in [0.29, 0.717) is 11.6 Å². The summed E-state index contributed by atoms with van der Waals surface area (Å²) in [5, 5.41) is 7.27. The van der Waals surface area contributed by atoms with Gasteiger partial charge in [-0.1, -0.05) is 19.3 Å². The second-order valence-corrected chi connectivity index (χ2v) is 7.10. The van der Waals surface area contributed by atoms with E-state index in [0.717, 1.165) is 37.9 Å². The Balaban J connectivity index is 1.33. The smallest absolute Gasteiger partial charge is 0.274 e. The van der Waals surface area contributed by atoms with Gasteiger partial charge in [0.05, 0.1) is 0 Å². The highest BCUT2D eigenvalue weighted by molar-refractivity contribution is 5.92. The van der Waals surface area contributed by atoms with E-state index in [2.05, 4.69) is 15.1 Å². The standard InChI is InChI=1S/C17H26N4O/c22-17(16-12-15(18-19-16)13-6-7-13)21-10-8-20(9-11-21)14-4-2-1-3-5-14/h12-14H,1-11H2,(H,18,19). The Morgan fingerprint density at radius 1 is 1.05 bits per heavy atom. The van der Waals surface area contributed by atoms with E-state index in [1.54, 1.807) is 0 Å². The van der Waals surface area contributed by atoms with E-state index >= 15 is 0 Å². The molecule has 120 valence electrons. The van der Waals surface area contributed by atoms with Crippen LogP contribution in [0, 0.1) is 0 Å². The van der Waals surface area contributed by atoms with Crippen molar-refractivity contribution in [1.29, 1.82) is 0 Å². The first-order valence-electron chi connectivity index (χ1n) is 8.90. The topological polar surface area (TPSA) is 52.2 Å². The predicted molar refractivity (Wildman–Crippen MR) is 84.9 cm³/mol. The second kappa shape index (κ2) is 6.03. The quantitative estimate of drug-likeness (QED) is 0.932. The van der Waals surface area contributed by atoms with Crippen LogP contribution in [0.25, 0.3) is 0 Å². The van der Waals surface area contributed by atoms with E-state index in [9.17, 15) is 4.79 Å². The fourth-order valence-corrected chi connectivity index (χ4v) is 3.95. The molecule has 4 rings (SSSR count). The molecule has 1 aliphatic heterocycles. The van der Waals surface area contributed by atoms with Crippen LogP contribution in [0.4, 0.5) is 0 Å². The maximum absolute atomic E-state index is 12.6. The molecule has 2 heterocycles. The van der Waals surface area contributed by atoms with Crippen LogP contribution < -0.4 is 0 Å². The number of piperazine rings is 1. The highest BCUT2D eigenvalue weighted by Gasteiger charge is 2.30. The van der Waals surface area contributed by atoms with Gasteiger partial charge in [0.15, 0.2) is 0 Å². The minimum atomic E-state index is 0.103. The van der Waals surface area contributed by atoms with Crippen LogP contribution in [0.1, 0.15) is 67.0 Å². The SMILES string of the molecule is O=C(c1cc(C2CC2)[nH]n1)N1CCN(C2CCCCC2)CC1. The van der Waals surface area contributed by atoms with Crippen LogP contribution in [-0.2, 0) is 0 Å². The molecule has 2 aliphatic carbocycles. The summed E-state index contributed by atoms with van der Waals surface area (Å²) in [7, 11) is 0. The minimum absolute atomic E-state index is 0.103. The summed E-state index contributed by atoms with van der Waals surface area (Å²) in [6.07, 6.45) is 9.31. The zero-order valence-corrected chi connectivity index (χ0v) is 13.3. The number of hydrogen-bond acceptors (Lipinski definition) is 3. The highest BCUT2D eigenvalue weighted by atomic mass is 16.2. The lowest BCUT2D eigenvalue weighted by Crippen LogP contribution is -2.52. The Bertz CT molecular complexity index is 523. The van der Waals surface area contributed by atoms with Gasteiger partial charge in [0.25, 0.3) is 5.91 Å². The predicted octanol–water partition coefficient (Wildman–Crippen LogP) is 2.38. The summed E-state index contributed by atoms with van der Waals surface area (Å²) < 4.78 is 0. The van der Waals surface area contributed by atoms with E-state index in [1.165, 1.54) is 44.9 Å². The van der Waals surface area contributed by atoms with Crippen molar-refractivity contribution >= 4 is 5.91 Å². The van der Waals surface area contributed by atoms with Crippen LogP contribution in [0.2, 0.25) is 0 Å². The van der Waals surface area contributed by atoms with Gasteiger partial charge in [0.1, 0.15) is 5.69 Å². The van der Waals surface area contributed by atoms with Crippen LogP contribution in [0.5, 0.6) is 0 Å². The molecule has 0 unspecified atom stereocenters. The lowest BCUT2D eigenvalue weighted by molar-refractivity contribution is 0.0518. The van der Waals surface area contributed by atoms with Crippen LogP contribution in [0.3, 0.4) is 0 Å². The van der Waals surface area contributed by atoms with Gasteiger partial charge < -0.3 is 4.90 Å². The van der Waals surface area contributed by atoms with Crippen molar-refractivity contribution in [3.63, 3.8) is 0 Å². The van der Waals surface area contributed by atoms with Crippen LogP contribution in [0.15, 0.2) is 6.07 Å². The van der Waals surface area contributed by atoms with Gasteiger partial charge in [-0.2, -0.15) is 5.10 Å². The monoisotopic (exact) mass is 302 g/mol. The summed E-state index contributed by atoms with van der Waals surface area (Å²) in [6.45, 7) is 3.74. The summed E-state index contributed by atoms with van der Waals surface area (Å²) >= 11 is 0. The molecule has 0 atom stereocenters. The summed E-state index contributed by atoms with van der Waals surface area (Å²) in [5.74, 6) is 0.726. The van der Waals surface area contributed by atoms with Gasteiger partial charge in [-0.25, -0.2) is 0 Å². The Hall–Kier alpha value is -1.36.